The Morgan fingerprint density at radius 2 is 1.83 bits per heavy atom. The first-order chi connectivity index (χ1) is 14.6. The molecule has 0 saturated heterocycles. The molecule has 4 saturated carbocycles. The Kier molecular flexibility index (Phi) is 4.02. The van der Waals surface area contributed by atoms with Crippen molar-refractivity contribution in [3.63, 3.8) is 0 Å². The van der Waals surface area contributed by atoms with E-state index < -0.39 is 0 Å². The second kappa shape index (κ2) is 6.66. The lowest BCUT2D eigenvalue weighted by molar-refractivity contribution is -0.0503. The number of para-hydroxylation sites is 1. The fourth-order valence-corrected chi connectivity index (χ4v) is 6.93. The van der Waals surface area contributed by atoms with Crippen LogP contribution in [0.15, 0.2) is 42.7 Å². The largest absolute Gasteiger partial charge is 0.351 e. The molecule has 2 aromatic heterocycles. The highest BCUT2D eigenvalue weighted by molar-refractivity contribution is 6.07. The summed E-state index contributed by atoms with van der Waals surface area (Å²) in [6.07, 6.45) is 11.9. The number of nitrogens with one attached hydrogen (secondary N) is 1. The summed E-state index contributed by atoms with van der Waals surface area (Å²) in [5.41, 5.74) is 3.61. The normalized spacial score (nSPS) is 29.4. The molecule has 5 nitrogen and oxygen atoms in total. The molecule has 154 valence electrons. The Hall–Kier alpha value is -2.69. The van der Waals surface area contributed by atoms with Crippen molar-refractivity contribution in [1.29, 1.82) is 0 Å². The Labute approximate surface area is 176 Å². The zero-order valence-electron chi connectivity index (χ0n) is 17.5. The number of carbonyl (C=O) groups is 1. The molecule has 7 rings (SSSR count). The van der Waals surface area contributed by atoms with Crippen molar-refractivity contribution in [2.75, 3.05) is 6.54 Å². The van der Waals surface area contributed by atoms with Crippen LogP contribution in [0.5, 0.6) is 0 Å². The molecule has 1 aromatic carbocycles. The van der Waals surface area contributed by atoms with Crippen molar-refractivity contribution in [3.05, 3.63) is 48.3 Å². The number of aryl methyl sites for hydroxylation is 1. The standard InChI is InChI=1S/C25H28N4O/c1-29-14-19(13-27-29)23-9-21(20-4-2-3-5-22(20)28-23)24(30)26-15-25-10-16-6-17(11-25)8-18(7-16)12-25/h2-5,9,13-14,16-18H,6-8,10-12,15H2,1H3,(H,26,30). The van der Waals surface area contributed by atoms with Crippen molar-refractivity contribution in [2.24, 2.45) is 30.2 Å². The molecular weight excluding hydrogens is 372 g/mol. The minimum absolute atomic E-state index is 0.0227. The Morgan fingerprint density at radius 1 is 1.13 bits per heavy atom. The van der Waals surface area contributed by atoms with Crippen LogP contribution in [0.4, 0.5) is 0 Å². The molecule has 0 unspecified atom stereocenters. The smallest absolute Gasteiger partial charge is 0.252 e. The van der Waals surface area contributed by atoms with Crippen LogP contribution in [0.3, 0.4) is 0 Å². The van der Waals surface area contributed by atoms with Gasteiger partial charge in [0, 0.05) is 30.7 Å². The number of hydrogen-bond donors (Lipinski definition) is 1. The van der Waals surface area contributed by atoms with Gasteiger partial charge in [-0.1, -0.05) is 18.2 Å². The highest BCUT2D eigenvalue weighted by atomic mass is 16.1. The molecule has 4 fully saturated rings. The molecule has 0 aliphatic heterocycles. The molecule has 0 atom stereocenters. The zero-order valence-corrected chi connectivity index (χ0v) is 17.5. The average molecular weight is 401 g/mol. The number of aromatic nitrogens is 3. The first-order valence-electron chi connectivity index (χ1n) is 11.2. The summed E-state index contributed by atoms with van der Waals surface area (Å²) in [4.78, 5) is 18.2. The quantitative estimate of drug-likeness (QED) is 0.697. The van der Waals surface area contributed by atoms with Crippen LogP contribution in [-0.4, -0.2) is 27.2 Å². The number of benzene rings is 1. The Morgan fingerprint density at radius 3 is 2.50 bits per heavy atom. The molecule has 30 heavy (non-hydrogen) atoms. The van der Waals surface area contributed by atoms with Gasteiger partial charge in [0.25, 0.3) is 5.91 Å². The van der Waals surface area contributed by atoms with Gasteiger partial charge in [0.15, 0.2) is 0 Å². The molecule has 0 spiro atoms. The van der Waals surface area contributed by atoms with Gasteiger partial charge < -0.3 is 5.32 Å². The topological polar surface area (TPSA) is 59.8 Å². The van der Waals surface area contributed by atoms with Gasteiger partial charge in [0.1, 0.15) is 0 Å². The van der Waals surface area contributed by atoms with Crippen molar-refractivity contribution in [2.45, 2.75) is 38.5 Å². The van der Waals surface area contributed by atoms with Gasteiger partial charge >= 0.3 is 0 Å². The van der Waals surface area contributed by atoms with Crippen LogP contribution in [0.25, 0.3) is 22.2 Å². The summed E-state index contributed by atoms with van der Waals surface area (Å²) in [6, 6.07) is 9.84. The van der Waals surface area contributed by atoms with E-state index in [1.807, 2.05) is 43.6 Å². The maximum Gasteiger partial charge on any atom is 0.252 e. The Bertz CT molecular complexity index is 1100. The number of carbonyl (C=O) groups excluding carboxylic acids is 1. The predicted molar refractivity (Wildman–Crippen MR) is 117 cm³/mol. The fourth-order valence-electron chi connectivity index (χ4n) is 6.93. The van der Waals surface area contributed by atoms with Crippen LogP contribution >= 0.6 is 0 Å². The number of fused-ring (bicyclic) bond motifs is 1. The van der Waals surface area contributed by atoms with Crippen molar-refractivity contribution < 1.29 is 4.79 Å². The van der Waals surface area contributed by atoms with E-state index in [2.05, 4.69) is 10.4 Å². The zero-order chi connectivity index (χ0) is 20.3. The average Bonchev–Trinajstić information content (AvgIpc) is 3.17. The van der Waals surface area contributed by atoms with Crippen LogP contribution in [0, 0.1) is 23.2 Å². The summed E-state index contributed by atoms with van der Waals surface area (Å²) in [5, 5.41) is 8.52. The van der Waals surface area contributed by atoms with Gasteiger partial charge in [0.05, 0.1) is 23.0 Å². The van der Waals surface area contributed by atoms with Crippen LogP contribution in [-0.2, 0) is 7.05 Å². The van der Waals surface area contributed by atoms with Crippen molar-refractivity contribution in [3.8, 4) is 11.3 Å². The number of amides is 1. The van der Waals surface area contributed by atoms with Gasteiger partial charge in [-0.05, 0) is 73.8 Å². The lowest BCUT2D eigenvalue weighted by Gasteiger charge is -2.56. The summed E-state index contributed by atoms with van der Waals surface area (Å²) in [5.74, 6) is 2.71. The minimum atomic E-state index is 0.0227. The van der Waals surface area contributed by atoms with Crippen molar-refractivity contribution >= 4 is 16.8 Å². The van der Waals surface area contributed by atoms with Gasteiger partial charge in [-0.3, -0.25) is 9.48 Å². The van der Waals surface area contributed by atoms with Gasteiger partial charge in [-0.2, -0.15) is 5.10 Å². The first kappa shape index (κ1) is 18.1. The van der Waals surface area contributed by atoms with Gasteiger partial charge in [0.2, 0.25) is 0 Å². The molecule has 1 N–H and O–H groups in total. The summed E-state index contributed by atoms with van der Waals surface area (Å²) < 4.78 is 1.76. The fraction of sp³-hybridized carbons (Fsp3) is 0.480. The van der Waals surface area contributed by atoms with Crippen molar-refractivity contribution in [1.82, 2.24) is 20.1 Å². The minimum Gasteiger partial charge on any atom is -0.351 e. The lowest BCUT2D eigenvalue weighted by atomic mass is 9.49. The van der Waals surface area contributed by atoms with E-state index in [4.69, 9.17) is 4.98 Å². The predicted octanol–water partition coefficient (Wildman–Crippen LogP) is 4.58. The van der Waals surface area contributed by atoms with Crippen LogP contribution in [0.1, 0.15) is 48.9 Å². The molecule has 4 aliphatic rings. The van der Waals surface area contributed by atoms with Crippen LogP contribution < -0.4 is 5.32 Å². The Balaban J connectivity index is 1.30. The third-order valence-electron chi connectivity index (χ3n) is 7.75. The van der Waals surface area contributed by atoms with E-state index in [1.54, 1.807) is 10.9 Å². The highest BCUT2D eigenvalue weighted by Crippen LogP contribution is 2.59. The monoisotopic (exact) mass is 400 g/mol. The maximum atomic E-state index is 13.4. The van der Waals surface area contributed by atoms with E-state index in [0.29, 0.717) is 11.0 Å². The van der Waals surface area contributed by atoms with E-state index in [1.165, 1.54) is 38.5 Å². The number of rotatable bonds is 4. The summed E-state index contributed by atoms with van der Waals surface area (Å²) >= 11 is 0. The second-order valence-corrected chi connectivity index (χ2v) is 10.1. The van der Waals surface area contributed by atoms with E-state index in [9.17, 15) is 4.79 Å². The summed E-state index contributed by atoms with van der Waals surface area (Å²) in [6.45, 7) is 0.814. The molecule has 1 amide bonds. The molecule has 0 radical (unpaired) electrons. The molecular formula is C25H28N4O. The highest BCUT2D eigenvalue weighted by Gasteiger charge is 2.50. The lowest BCUT2D eigenvalue weighted by Crippen LogP contribution is -2.51. The van der Waals surface area contributed by atoms with E-state index in [-0.39, 0.29) is 5.91 Å². The van der Waals surface area contributed by atoms with Crippen LogP contribution in [0.2, 0.25) is 0 Å². The molecule has 2 heterocycles. The molecule has 3 aromatic rings. The third-order valence-corrected chi connectivity index (χ3v) is 7.75. The second-order valence-electron chi connectivity index (χ2n) is 10.1. The van der Waals surface area contributed by atoms with E-state index in [0.717, 1.165) is 46.5 Å². The number of pyridine rings is 1. The molecule has 4 aliphatic carbocycles. The maximum absolute atomic E-state index is 13.4. The third kappa shape index (κ3) is 3.03. The summed E-state index contributed by atoms with van der Waals surface area (Å²) in [7, 11) is 1.89. The van der Waals surface area contributed by atoms with Gasteiger partial charge in [-0.15, -0.1) is 0 Å². The number of hydrogen-bond acceptors (Lipinski definition) is 3. The number of nitrogens with zero attached hydrogens (tertiary/aromatic N) is 3. The first-order valence-corrected chi connectivity index (χ1v) is 11.2. The SMILES string of the molecule is Cn1cc(-c2cc(C(=O)NCC34CC5CC(CC(C5)C3)C4)c3ccccc3n2)cn1. The van der Waals surface area contributed by atoms with Gasteiger partial charge in [-0.25, -0.2) is 4.98 Å². The molecule has 5 heteroatoms. The van der Waals surface area contributed by atoms with E-state index >= 15 is 0 Å². The molecule has 4 bridgehead atoms.